The second kappa shape index (κ2) is 12.3. The number of aryl methyl sites for hydroxylation is 1. The molecule has 0 saturated carbocycles. The van der Waals surface area contributed by atoms with Gasteiger partial charge in [0.05, 0.1) is 13.8 Å². The Balaban J connectivity index is 1.47. The number of hydrogen-bond acceptors (Lipinski definition) is 4. The first-order valence-corrected chi connectivity index (χ1v) is 13.7. The lowest BCUT2D eigenvalue weighted by molar-refractivity contribution is -0.0999. The van der Waals surface area contributed by atoms with Crippen LogP contribution in [0.2, 0.25) is 0 Å². The topological polar surface area (TPSA) is 33.7 Å². The van der Waals surface area contributed by atoms with Gasteiger partial charge in [0.2, 0.25) is 0 Å². The second-order valence-corrected chi connectivity index (χ2v) is 10.3. The number of benzene rings is 3. The monoisotopic (exact) mass is 554 g/mol. The molecule has 1 heterocycles. The van der Waals surface area contributed by atoms with Crippen LogP contribution in [0.25, 0.3) is 11.1 Å². The first-order chi connectivity index (χ1) is 19.3. The summed E-state index contributed by atoms with van der Waals surface area (Å²) in [5.41, 5.74) is 6.36. The van der Waals surface area contributed by atoms with E-state index in [1.54, 1.807) is 24.6 Å². The van der Waals surface area contributed by atoms with Gasteiger partial charge in [-0.05, 0) is 102 Å². The highest BCUT2D eigenvalue weighted by atomic mass is 19.4. The first-order valence-electron chi connectivity index (χ1n) is 13.7. The molecule has 8 heteroatoms. The fraction of sp³-hybridized carbons (Fsp3) is 0.375. The molecule has 1 aliphatic carbocycles. The van der Waals surface area contributed by atoms with Gasteiger partial charge in [0.1, 0.15) is 17.6 Å². The standard InChI is InChI=1S/C32H34F4N2O2/c1-39-27-14-15-30-24(20-27)4-2-5-29(22-6-10-25(11-7-22)37-32(34,35)36)31(30)23-8-12-26(13-9-23)40-28-16-19-38(21-28)18-3-17-33/h6-15,20,28,37H,2-5,16-19,21H2,1H3. The van der Waals surface area contributed by atoms with Crippen LogP contribution in [0.4, 0.5) is 23.2 Å². The van der Waals surface area contributed by atoms with Gasteiger partial charge in [-0.3, -0.25) is 14.6 Å². The lowest BCUT2D eigenvalue weighted by atomic mass is 9.87. The highest BCUT2D eigenvalue weighted by Crippen LogP contribution is 2.41. The van der Waals surface area contributed by atoms with Crippen LogP contribution in [-0.4, -0.2) is 50.7 Å². The fourth-order valence-electron chi connectivity index (χ4n) is 5.70. The highest BCUT2D eigenvalue weighted by molar-refractivity contribution is 6.00. The van der Waals surface area contributed by atoms with E-state index in [9.17, 15) is 17.6 Å². The molecular formula is C32H34F4N2O2. The van der Waals surface area contributed by atoms with Crippen LogP contribution >= 0.6 is 0 Å². The van der Waals surface area contributed by atoms with Crippen molar-refractivity contribution in [3.05, 3.63) is 89.0 Å². The number of fused-ring (bicyclic) bond motifs is 1. The number of likely N-dealkylation sites (tertiary alicyclic amines) is 1. The van der Waals surface area contributed by atoms with Crippen molar-refractivity contribution in [1.82, 2.24) is 4.90 Å². The summed E-state index contributed by atoms with van der Waals surface area (Å²) in [5.74, 6) is 1.58. The van der Waals surface area contributed by atoms with Gasteiger partial charge >= 0.3 is 6.30 Å². The lowest BCUT2D eigenvalue weighted by Crippen LogP contribution is -2.26. The largest absolute Gasteiger partial charge is 0.497 e. The van der Waals surface area contributed by atoms with Gasteiger partial charge in [-0.1, -0.05) is 30.3 Å². The minimum Gasteiger partial charge on any atom is -0.497 e. The third-order valence-electron chi connectivity index (χ3n) is 7.56. The minimum absolute atomic E-state index is 0.00818. The summed E-state index contributed by atoms with van der Waals surface area (Å²) in [6, 6.07) is 20.6. The van der Waals surface area contributed by atoms with Crippen molar-refractivity contribution in [2.24, 2.45) is 0 Å². The van der Waals surface area contributed by atoms with Gasteiger partial charge in [0, 0.05) is 25.3 Å². The van der Waals surface area contributed by atoms with E-state index >= 15 is 0 Å². The molecule has 0 aromatic heterocycles. The second-order valence-electron chi connectivity index (χ2n) is 10.3. The number of ether oxygens (including phenoxy) is 2. The molecule has 2 aliphatic rings. The third kappa shape index (κ3) is 6.78. The molecule has 1 unspecified atom stereocenters. The fourth-order valence-corrected chi connectivity index (χ4v) is 5.70. The van der Waals surface area contributed by atoms with Gasteiger partial charge in [-0.25, -0.2) is 0 Å². The van der Waals surface area contributed by atoms with Crippen LogP contribution in [0.1, 0.15) is 47.9 Å². The molecule has 0 radical (unpaired) electrons. The average Bonchev–Trinajstić information content (AvgIpc) is 3.30. The molecule has 0 amide bonds. The summed E-state index contributed by atoms with van der Waals surface area (Å²) in [6.45, 7) is 2.16. The predicted octanol–water partition coefficient (Wildman–Crippen LogP) is 7.74. The van der Waals surface area contributed by atoms with Crippen LogP contribution in [0.15, 0.2) is 66.7 Å². The molecule has 3 aromatic rings. The Morgan fingerprint density at radius 1 is 0.925 bits per heavy atom. The maximum atomic E-state index is 12.8. The van der Waals surface area contributed by atoms with Crippen molar-refractivity contribution in [2.45, 2.75) is 44.5 Å². The summed E-state index contributed by atoms with van der Waals surface area (Å²) in [6.07, 6.45) is -0.381. The van der Waals surface area contributed by atoms with Crippen LogP contribution in [0.3, 0.4) is 0 Å². The van der Waals surface area contributed by atoms with Gasteiger partial charge in [-0.15, -0.1) is 0 Å². The van der Waals surface area contributed by atoms with Crippen molar-refractivity contribution in [3.63, 3.8) is 0 Å². The van der Waals surface area contributed by atoms with E-state index in [-0.39, 0.29) is 18.5 Å². The molecule has 0 bridgehead atoms. The number of nitrogens with zero attached hydrogens (tertiary/aromatic N) is 1. The van der Waals surface area contributed by atoms with E-state index in [1.807, 2.05) is 18.2 Å². The smallest absolute Gasteiger partial charge is 0.482 e. The molecular weight excluding hydrogens is 520 g/mol. The van der Waals surface area contributed by atoms with Crippen molar-refractivity contribution < 1.29 is 27.0 Å². The van der Waals surface area contributed by atoms with E-state index in [0.29, 0.717) is 6.42 Å². The molecule has 4 nitrogen and oxygen atoms in total. The van der Waals surface area contributed by atoms with E-state index < -0.39 is 6.30 Å². The zero-order valence-electron chi connectivity index (χ0n) is 22.6. The van der Waals surface area contributed by atoms with E-state index in [2.05, 4.69) is 29.2 Å². The maximum absolute atomic E-state index is 12.8. The number of rotatable bonds is 9. The molecule has 1 fully saturated rings. The Kier molecular flexibility index (Phi) is 8.64. The molecule has 1 atom stereocenters. The lowest BCUT2D eigenvalue weighted by Gasteiger charge is -2.19. The summed E-state index contributed by atoms with van der Waals surface area (Å²) >= 11 is 0. The van der Waals surface area contributed by atoms with Crippen molar-refractivity contribution in [2.75, 3.05) is 38.7 Å². The number of halogens is 4. The average molecular weight is 555 g/mol. The van der Waals surface area contributed by atoms with Crippen molar-refractivity contribution >= 4 is 16.8 Å². The summed E-state index contributed by atoms with van der Waals surface area (Å²) in [7, 11) is 1.65. The molecule has 40 heavy (non-hydrogen) atoms. The van der Waals surface area contributed by atoms with E-state index in [4.69, 9.17) is 9.47 Å². The van der Waals surface area contributed by atoms with E-state index in [1.165, 1.54) is 17.7 Å². The molecule has 1 N–H and O–H groups in total. The maximum Gasteiger partial charge on any atom is 0.482 e. The summed E-state index contributed by atoms with van der Waals surface area (Å²) in [4.78, 5) is 2.24. The number of methoxy groups -OCH3 is 1. The van der Waals surface area contributed by atoms with Crippen LogP contribution in [0, 0.1) is 0 Å². The van der Waals surface area contributed by atoms with Gasteiger partial charge < -0.3 is 9.47 Å². The van der Waals surface area contributed by atoms with Crippen molar-refractivity contribution in [3.8, 4) is 11.5 Å². The Labute approximate surface area is 232 Å². The van der Waals surface area contributed by atoms with Crippen LogP contribution in [-0.2, 0) is 6.42 Å². The molecule has 3 aromatic carbocycles. The minimum atomic E-state index is -4.48. The van der Waals surface area contributed by atoms with Gasteiger partial charge in [0.25, 0.3) is 0 Å². The molecule has 1 saturated heterocycles. The number of alkyl halides is 4. The zero-order valence-corrected chi connectivity index (χ0v) is 22.6. The molecule has 212 valence electrons. The zero-order chi connectivity index (χ0) is 28.1. The number of anilines is 1. The number of nitrogens with one attached hydrogen (secondary N) is 1. The van der Waals surface area contributed by atoms with Gasteiger partial charge in [-0.2, -0.15) is 13.2 Å². The Morgan fingerprint density at radius 3 is 2.35 bits per heavy atom. The Bertz CT molecular complexity index is 1320. The number of allylic oxidation sites excluding steroid dienone is 1. The normalized spacial score (nSPS) is 17.9. The Hall–Kier alpha value is -3.52. The summed E-state index contributed by atoms with van der Waals surface area (Å²) < 4.78 is 62.8. The van der Waals surface area contributed by atoms with Gasteiger partial charge in [0.15, 0.2) is 0 Å². The van der Waals surface area contributed by atoms with Crippen LogP contribution < -0.4 is 14.8 Å². The molecule has 0 spiro atoms. The predicted molar refractivity (Wildman–Crippen MR) is 150 cm³/mol. The quantitative estimate of drug-likeness (QED) is 0.217. The first kappa shape index (κ1) is 28.0. The highest BCUT2D eigenvalue weighted by Gasteiger charge is 2.27. The third-order valence-corrected chi connectivity index (χ3v) is 7.56. The summed E-state index contributed by atoms with van der Waals surface area (Å²) in [5, 5.41) is 1.58. The Morgan fingerprint density at radius 2 is 1.65 bits per heavy atom. The van der Waals surface area contributed by atoms with E-state index in [0.717, 1.165) is 84.7 Å². The molecule has 1 aliphatic heterocycles. The van der Waals surface area contributed by atoms with Crippen molar-refractivity contribution in [1.29, 1.82) is 0 Å². The van der Waals surface area contributed by atoms with Crippen LogP contribution in [0.5, 0.6) is 11.5 Å². The number of hydrogen-bond donors (Lipinski definition) is 1. The SMILES string of the molecule is COc1ccc2c(c1)CCCC(c1ccc(NC(F)(F)F)cc1)=C2c1ccc(OC2CCN(CCCF)C2)cc1. The molecule has 5 rings (SSSR count).